The molecule has 0 unspecified atom stereocenters. The number of hydrogen-bond donors (Lipinski definition) is 2. The number of nitrogens with one attached hydrogen (secondary N) is 1. The summed E-state index contributed by atoms with van der Waals surface area (Å²) >= 11 is 0. The standard InChI is InChI=1S/C21H26N8O/c22-20-24-12-16(13-25-20)19-17-3-1-2-15(14-28-6-4-23-5-7-28)18(17)26-21(27-19)29-8-10-30-11-9-29/h1-3,12-13,23H,4-11,14H2,(H2,22,24,25). The molecule has 2 aliphatic rings. The van der Waals surface area contributed by atoms with Crippen LogP contribution in [0.3, 0.4) is 0 Å². The molecule has 0 saturated carbocycles. The van der Waals surface area contributed by atoms with E-state index in [1.54, 1.807) is 12.4 Å². The van der Waals surface area contributed by atoms with E-state index in [2.05, 4.69) is 43.3 Å². The summed E-state index contributed by atoms with van der Waals surface area (Å²) in [6.07, 6.45) is 3.46. The Kier molecular flexibility index (Phi) is 5.39. The van der Waals surface area contributed by atoms with Crippen molar-refractivity contribution in [2.45, 2.75) is 6.54 Å². The first kappa shape index (κ1) is 19.1. The summed E-state index contributed by atoms with van der Waals surface area (Å²) < 4.78 is 5.52. The lowest BCUT2D eigenvalue weighted by molar-refractivity contribution is 0.122. The Morgan fingerprint density at radius 2 is 1.77 bits per heavy atom. The minimum absolute atomic E-state index is 0.255. The highest BCUT2D eigenvalue weighted by Gasteiger charge is 2.20. The van der Waals surface area contributed by atoms with Crippen LogP contribution in [0.4, 0.5) is 11.9 Å². The van der Waals surface area contributed by atoms with Crippen LogP contribution in [0.15, 0.2) is 30.6 Å². The van der Waals surface area contributed by atoms with Gasteiger partial charge < -0.3 is 20.7 Å². The van der Waals surface area contributed by atoms with Gasteiger partial charge in [-0.2, -0.15) is 0 Å². The van der Waals surface area contributed by atoms with Crippen LogP contribution in [0.5, 0.6) is 0 Å². The second kappa shape index (κ2) is 8.47. The van der Waals surface area contributed by atoms with Gasteiger partial charge in [-0.05, 0) is 5.56 Å². The van der Waals surface area contributed by atoms with Gasteiger partial charge in [-0.25, -0.2) is 19.9 Å². The highest BCUT2D eigenvalue weighted by Crippen LogP contribution is 2.30. The first-order valence-corrected chi connectivity index (χ1v) is 10.4. The van der Waals surface area contributed by atoms with Gasteiger partial charge in [-0.3, -0.25) is 4.90 Å². The number of ether oxygens (including phenoxy) is 1. The van der Waals surface area contributed by atoms with Gasteiger partial charge in [0.25, 0.3) is 0 Å². The fraction of sp³-hybridized carbons (Fsp3) is 0.429. The Bertz CT molecular complexity index is 1010. The topological polar surface area (TPSA) is 105 Å². The quantitative estimate of drug-likeness (QED) is 0.654. The number of piperazine rings is 1. The van der Waals surface area contributed by atoms with E-state index in [4.69, 9.17) is 20.4 Å². The number of fused-ring (bicyclic) bond motifs is 1. The maximum atomic E-state index is 5.70. The van der Waals surface area contributed by atoms with Crippen LogP contribution < -0.4 is 16.0 Å². The molecule has 0 spiro atoms. The van der Waals surface area contributed by atoms with Crippen molar-refractivity contribution in [1.82, 2.24) is 30.2 Å². The van der Waals surface area contributed by atoms with Crippen LogP contribution in [0.2, 0.25) is 0 Å². The molecule has 2 fully saturated rings. The predicted molar refractivity (Wildman–Crippen MR) is 116 cm³/mol. The molecule has 9 nitrogen and oxygen atoms in total. The lowest BCUT2D eigenvalue weighted by Crippen LogP contribution is -2.42. The van der Waals surface area contributed by atoms with E-state index in [0.29, 0.717) is 13.2 Å². The Hall–Kier alpha value is -2.88. The molecule has 2 aliphatic heterocycles. The van der Waals surface area contributed by atoms with Crippen molar-refractivity contribution in [3.8, 4) is 11.3 Å². The Morgan fingerprint density at radius 1 is 1.00 bits per heavy atom. The molecule has 2 saturated heterocycles. The zero-order chi connectivity index (χ0) is 20.3. The second-order valence-electron chi connectivity index (χ2n) is 7.64. The lowest BCUT2D eigenvalue weighted by Gasteiger charge is -2.29. The number of nitrogen functional groups attached to an aromatic ring is 1. The number of aromatic nitrogens is 4. The monoisotopic (exact) mass is 406 g/mol. The molecule has 9 heteroatoms. The zero-order valence-corrected chi connectivity index (χ0v) is 16.9. The number of rotatable bonds is 4. The highest BCUT2D eigenvalue weighted by molar-refractivity contribution is 5.94. The first-order valence-electron chi connectivity index (χ1n) is 10.4. The van der Waals surface area contributed by atoms with Gasteiger partial charge in [-0.1, -0.05) is 18.2 Å². The maximum Gasteiger partial charge on any atom is 0.226 e. The van der Waals surface area contributed by atoms with Gasteiger partial charge in [0, 0.05) is 69.2 Å². The van der Waals surface area contributed by atoms with Crippen molar-refractivity contribution in [1.29, 1.82) is 0 Å². The number of nitrogens with zero attached hydrogens (tertiary/aromatic N) is 6. The molecule has 0 amide bonds. The molecule has 0 bridgehead atoms. The molecular formula is C21H26N8O. The van der Waals surface area contributed by atoms with Crippen molar-refractivity contribution in [3.63, 3.8) is 0 Å². The van der Waals surface area contributed by atoms with Gasteiger partial charge in [0.15, 0.2) is 0 Å². The van der Waals surface area contributed by atoms with Crippen LogP contribution in [0.1, 0.15) is 5.56 Å². The van der Waals surface area contributed by atoms with Crippen molar-refractivity contribution in [2.75, 3.05) is 63.1 Å². The van der Waals surface area contributed by atoms with Crippen LogP contribution in [0, 0.1) is 0 Å². The average molecular weight is 406 g/mol. The Morgan fingerprint density at radius 3 is 2.53 bits per heavy atom. The van der Waals surface area contributed by atoms with Crippen molar-refractivity contribution < 1.29 is 4.74 Å². The van der Waals surface area contributed by atoms with Crippen LogP contribution in [-0.2, 0) is 11.3 Å². The number of nitrogens with two attached hydrogens (primary N) is 1. The van der Waals surface area contributed by atoms with Gasteiger partial charge in [0.1, 0.15) is 0 Å². The van der Waals surface area contributed by atoms with E-state index in [-0.39, 0.29) is 5.95 Å². The third-order valence-electron chi connectivity index (χ3n) is 5.64. The molecule has 3 aromatic rings. The number of morpholine rings is 1. The lowest BCUT2D eigenvalue weighted by atomic mass is 10.0. The normalized spacial score (nSPS) is 18.1. The molecule has 0 atom stereocenters. The molecule has 5 rings (SSSR count). The summed E-state index contributed by atoms with van der Waals surface area (Å²) in [5.41, 5.74) is 9.58. The fourth-order valence-corrected chi connectivity index (χ4v) is 4.02. The molecule has 2 aromatic heterocycles. The third kappa shape index (κ3) is 3.91. The first-order chi connectivity index (χ1) is 14.8. The van der Waals surface area contributed by atoms with Crippen LogP contribution in [-0.4, -0.2) is 77.3 Å². The van der Waals surface area contributed by atoms with Gasteiger partial charge in [0.2, 0.25) is 11.9 Å². The minimum atomic E-state index is 0.255. The SMILES string of the molecule is Nc1ncc(-c2nc(N3CCOCC3)nc3c(CN4CCNCC4)cccc23)cn1. The van der Waals surface area contributed by atoms with E-state index in [1.165, 1.54) is 5.56 Å². The third-order valence-corrected chi connectivity index (χ3v) is 5.64. The van der Waals surface area contributed by atoms with Gasteiger partial charge in [-0.15, -0.1) is 0 Å². The number of para-hydroxylation sites is 1. The van der Waals surface area contributed by atoms with Gasteiger partial charge in [0.05, 0.1) is 24.4 Å². The van der Waals surface area contributed by atoms with Crippen molar-refractivity contribution in [3.05, 3.63) is 36.2 Å². The van der Waals surface area contributed by atoms with Crippen molar-refractivity contribution in [2.24, 2.45) is 0 Å². The fourth-order valence-electron chi connectivity index (χ4n) is 4.02. The summed E-state index contributed by atoms with van der Waals surface area (Å²) in [6.45, 7) is 7.92. The summed E-state index contributed by atoms with van der Waals surface area (Å²) in [4.78, 5) is 23.0. The summed E-state index contributed by atoms with van der Waals surface area (Å²) in [5, 5.41) is 4.42. The molecule has 30 heavy (non-hydrogen) atoms. The van der Waals surface area contributed by atoms with E-state index in [0.717, 1.165) is 73.9 Å². The Balaban J connectivity index is 1.62. The van der Waals surface area contributed by atoms with E-state index >= 15 is 0 Å². The minimum Gasteiger partial charge on any atom is -0.378 e. The maximum absolute atomic E-state index is 5.70. The molecule has 156 valence electrons. The van der Waals surface area contributed by atoms with E-state index in [1.807, 2.05) is 0 Å². The highest BCUT2D eigenvalue weighted by atomic mass is 16.5. The van der Waals surface area contributed by atoms with E-state index in [9.17, 15) is 0 Å². The largest absolute Gasteiger partial charge is 0.378 e. The zero-order valence-electron chi connectivity index (χ0n) is 16.9. The second-order valence-corrected chi connectivity index (χ2v) is 7.64. The molecule has 3 N–H and O–H groups in total. The number of anilines is 2. The number of hydrogen-bond acceptors (Lipinski definition) is 9. The average Bonchev–Trinajstić information content (AvgIpc) is 2.80. The molecule has 1 aromatic carbocycles. The summed E-state index contributed by atoms with van der Waals surface area (Å²) in [5.74, 6) is 0.982. The smallest absolute Gasteiger partial charge is 0.226 e. The summed E-state index contributed by atoms with van der Waals surface area (Å²) in [6, 6.07) is 6.33. The molecule has 4 heterocycles. The molecule has 0 radical (unpaired) electrons. The van der Waals surface area contributed by atoms with E-state index < -0.39 is 0 Å². The van der Waals surface area contributed by atoms with Crippen LogP contribution >= 0.6 is 0 Å². The Labute approximate surface area is 175 Å². The summed E-state index contributed by atoms with van der Waals surface area (Å²) in [7, 11) is 0. The number of benzene rings is 1. The molecular weight excluding hydrogens is 380 g/mol. The molecule has 0 aliphatic carbocycles. The van der Waals surface area contributed by atoms with Crippen LogP contribution in [0.25, 0.3) is 22.2 Å². The van der Waals surface area contributed by atoms with Gasteiger partial charge >= 0.3 is 0 Å². The predicted octanol–water partition coefficient (Wildman–Crippen LogP) is 0.911. The van der Waals surface area contributed by atoms with Crippen molar-refractivity contribution >= 4 is 22.8 Å².